The lowest BCUT2D eigenvalue weighted by molar-refractivity contribution is -0.142. The molecule has 0 aromatic heterocycles. The summed E-state index contributed by atoms with van der Waals surface area (Å²) in [7, 11) is 1.33. The van der Waals surface area contributed by atoms with E-state index in [2.05, 4.69) is 91.3 Å². The molecule has 0 heterocycles. The van der Waals surface area contributed by atoms with Gasteiger partial charge in [0.15, 0.2) is 6.61 Å². The van der Waals surface area contributed by atoms with Crippen molar-refractivity contribution in [3.63, 3.8) is 0 Å². The van der Waals surface area contributed by atoms with E-state index in [-0.39, 0.29) is 17.9 Å². The second-order valence-electron chi connectivity index (χ2n) is 12.3. The number of carbonyl (C=O) groups is 2. The quantitative estimate of drug-likeness (QED) is 0.125. The van der Waals surface area contributed by atoms with Crippen molar-refractivity contribution in [1.82, 2.24) is 5.32 Å². The molecule has 4 rings (SSSR count). The number of methoxy groups -OCH3 is 1. The van der Waals surface area contributed by atoms with Crippen molar-refractivity contribution in [2.24, 2.45) is 0 Å². The van der Waals surface area contributed by atoms with Crippen LogP contribution in [0, 0.1) is 11.8 Å². The fraction of sp³-hybridized carbons (Fsp3) is 0.300. The molecule has 0 radical (unpaired) electrons. The maximum absolute atomic E-state index is 13.6. The minimum absolute atomic E-state index is 0.0284. The van der Waals surface area contributed by atoms with Crippen molar-refractivity contribution in [2.45, 2.75) is 65.5 Å². The van der Waals surface area contributed by atoms with Crippen LogP contribution in [0.5, 0.6) is 5.75 Å². The highest BCUT2D eigenvalue weighted by Gasteiger charge is 2.15. The summed E-state index contributed by atoms with van der Waals surface area (Å²) in [6.45, 7) is 9.64. The fourth-order valence-electron chi connectivity index (χ4n) is 4.80. The van der Waals surface area contributed by atoms with Crippen LogP contribution >= 0.6 is 0 Å². The summed E-state index contributed by atoms with van der Waals surface area (Å²) in [6.07, 6.45) is 3.43. The Morgan fingerprint density at radius 2 is 1.43 bits per heavy atom. The number of nitrogens with one attached hydrogen (secondary N) is 2. The molecule has 6 heteroatoms. The highest BCUT2D eigenvalue weighted by Crippen LogP contribution is 2.24. The Balaban J connectivity index is 1.49. The summed E-state index contributed by atoms with van der Waals surface area (Å²) in [6, 6.07) is 29.7. The molecule has 0 aliphatic heterocycles. The van der Waals surface area contributed by atoms with Crippen LogP contribution in [0.3, 0.4) is 0 Å². The molecule has 0 aliphatic rings. The molecule has 0 saturated heterocycles. The van der Waals surface area contributed by atoms with Crippen LogP contribution in [0.25, 0.3) is 0 Å². The summed E-state index contributed by atoms with van der Waals surface area (Å²) in [5, 5.41) is 6.52. The van der Waals surface area contributed by atoms with Gasteiger partial charge in [-0.25, -0.2) is 4.79 Å². The molecule has 4 aromatic rings. The van der Waals surface area contributed by atoms with Gasteiger partial charge in [-0.05, 0) is 89.0 Å². The first-order valence-corrected chi connectivity index (χ1v) is 15.8. The smallest absolute Gasteiger partial charge is 0.343 e. The zero-order chi connectivity index (χ0) is 32.9. The highest BCUT2D eigenvalue weighted by molar-refractivity contribution is 6.05. The molecule has 0 aliphatic carbocycles. The maximum atomic E-state index is 13.6. The van der Waals surface area contributed by atoms with Crippen LogP contribution in [-0.4, -0.2) is 25.6 Å². The third kappa shape index (κ3) is 10.4. The van der Waals surface area contributed by atoms with Gasteiger partial charge in [0.25, 0.3) is 5.91 Å². The summed E-state index contributed by atoms with van der Waals surface area (Å²) in [5.74, 6) is 6.48. The lowest BCUT2D eigenvalue weighted by atomic mass is 9.87. The molecule has 238 valence electrons. The van der Waals surface area contributed by atoms with E-state index in [1.807, 2.05) is 54.6 Å². The molecule has 6 nitrogen and oxygen atoms in total. The van der Waals surface area contributed by atoms with Gasteiger partial charge in [0, 0.05) is 35.5 Å². The van der Waals surface area contributed by atoms with Gasteiger partial charge in [0.05, 0.1) is 7.11 Å². The maximum Gasteiger partial charge on any atom is 0.343 e. The second-order valence-corrected chi connectivity index (χ2v) is 12.3. The average Bonchev–Trinajstić information content (AvgIpc) is 3.06. The van der Waals surface area contributed by atoms with Gasteiger partial charge in [-0.2, -0.15) is 0 Å². The number of hydrogen-bond acceptors (Lipinski definition) is 5. The van der Waals surface area contributed by atoms with E-state index in [0.717, 1.165) is 34.4 Å². The van der Waals surface area contributed by atoms with Crippen molar-refractivity contribution >= 4 is 17.6 Å². The Bertz CT molecular complexity index is 1660. The molecule has 46 heavy (non-hydrogen) atoms. The number of unbranched alkanes of at least 4 members (excludes halogenated alkanes) is 1. The molecule has 0 bridgehead atoms. The standard InChI is InChI=1S/C40H44N2O4/c1-6-7-8-29-9-11-30(12-10-29)13-14-31-15-18-33(27-41-26-32-16-23-36(24-17-32)46-28-38(43)45-5)37(25-31)39(44)42-35-21-19-34(20-22-35)40(2,3)4/h9-12,15-25,41H,6-8,26-28H2,1-5H3,(H,42,44). The monoisotopic (exact) mass is 616 g/mol. The molecule has 4 aromatic carbocycles. The number of carbonyl (C=O) groups excluding carboxylic acids is 2. The highest BCUT2D eigenvalue weighted by atomic mass is 16.6. The van der Waals surface area contributed by atoms with Gasteiger partial charge in [-0.15, -0.1) is 0 Å². The van der Waals surface area contributed by atoms with Crippen molar-refractivity contribution in [2.75, 3.05) is 19.0 Å². The molecule has 0 atom stereocenters. The second kappa shape index (κ2) is 16.5. The normalized spacial score (nSPS) is 10.9. The van der Waals surface area contributed by atoms with Crippen molar-refractivity contribution in [3.05, 3.63) is 130 Å². The van der Waals surface area contributed by atoms with Crippen LogP contribution in [0.2, 0.25) is 0 Å². The third-order valence-electron chi connectivity index (χ3n) is 7.64. The van der Waals surface area contributed by atoms with E-state index in [1.54, 1.807) is 0 Å². The number of hydrogen-bond donors (Lipinski definition) is 2. The zero-order valence-electron chi connectivity index (χ0n) is 27.5. The number of rotatable bonds is 12. The van der Waals surface area contributed by atoms with Crippen LogP contribution in [-0.2, 0) is 34.5 Å². The van der Waals surface area contributed by atoms with Crippen molar-refractivity contribution in [3.8, 4) is 17.6 Å². The Morgan fingerprint density at radius 3 is 2.09 bits per heavy atom. The van der Waals surface area contributed by atoms with E-state index in [4.69, 9.17) is 4.74 Å². The number of anilines is 1. The molecule has 2 N–H and O–H groups in total. The minimum Gasteiger partial charge on any atom is -0.482 e. The van der Waals surface area contributed by atoms with Gasteiger partial charge in [-0.1, -0.05) is 88.4 Å². The first kappa shape index (κ1) is 34.0. The summed E-state index contributed by atoms with van der Waals surface area (Å²) in [4.78, 5) is 25.0. The lowest BCUT2D eigenvalue weighted by Gasteiger charge is -2.19. The summed E-state index contributed by atoms with van der Waals surface area (Å²) in [5.41, 5.74) is 7.49. The van der Waals surface area contributed by atoms with Gasteiger partial charge in [0.2, 0.25) is 0 Å². The van der Waals surface area contributed by atoms with E-state index >= 15 is 0 Å². The van der Waals surface area contributed by atoms with Crippen LogP contribution in [0.15, 0.2) is 91.0 Å². The first-order valence-electron chi connectivity index (χ1n) is 15.8. The molecular weight excluding hydrogens is 572 g/mol. The zero-order valence-corrected chi connectivity index (χ0v) is 27.5. The fourth-order valence-corrected chi connectivity index (χ4v) is 4.80. The Labute approximate surface area is 273 Å². The molecule has 0 unspecified atom stereocenters. The summed E-state index contributed by atoms with van der Waals surface area (Å²) >= 11 is 0. The first-order chi connectivity index (χ1) is 22.1. The Kier molecular flexibility index (Phi) is 12.2. The Morgan fingerprint density at radius 1 is 0.783 bits per heavy atom. The topological polar surface area (TPSA) is 76.7 Å². The average molecular weight is 617 g/mol. The number of amides is 1. The van der Waals surface area contributed by atoms with Crippen molar-refractivity contribution in [1.29, 1.82) is 0 Å². The SMILES string of the molecule is CCCCc1ccc(C#Cc2ccc(CNCc3ccc(OCC(=O)OC)cc3)c(C(=O)Nc3ccc(C(C)(C)C)cc3)c2)cc1. The molecule has 0 saturated carbocycles. The van der Waals surface area contributed by atoms with Gasteiger partial charge < -0.3 is 20.1 Å². The largest absolute Gasteiger partial charge is 0.482 e. The van der Waals surface area contributed by atoms with Gasteiger partial charge in [0.1, 0.15) is 5.75 Å². The number of ether oxygens (including phenoxy) is 2. The number of esters is 1. The molecular formula is C40H44N2O4. The number of aryl methyl sites for hydroxylation is 1. The van der Waals surface area contributed by atoms with Gasteiger partial charge >= 0.3 is 5.97 Å². The Hall–Kier alpha value is -4.86. The molecule has 1 amide bonds. The predicted octanol–water partition coefficient (Wildman–Crippen LogP) is 7.82. The van der Waals surface area contributed by atoms with E-state index in [9.17, 15) is 9.59 Å². The third-order valence-corrected chi connectivity index (χ3v) is 7.64. The van der Waals surface area contributed by atoms with E-state index in [0.29, 0.717) is 24.4 Å². The van der Waals surface area contributed by atoms with Gasteiger partial charge in [-0.3, -0.25) is 4.79 Å². The molecule has 0 spiro atoms. The molecule has 0 fully saturated rings. The van der Waals surface area contributed by atoms with Crippen LogP contribution < -0.4 is 15.4 Å². The summed E-state index contributed by atoms with van der Waals surface area (Å²) < 4.78 is 10.0. The minimum atomic E-state index is -0.430. The van der Waals surface area contributed by atoms with E-state index < -0.39 is 5.97 Å². The van der Waals surface area contributed by atoms with Crippen molar-refractivity contribution < 1.29 is 19.1 Å². The predicted molar refractivity (Wildman–Crippen MR) is 185 cm³/mol. The lowest BCUT2D eigenvalue weighted by Crippen LogP contribution is -2.19. The van der Waals surface area contributed by atoms with Crippen LogP contribution in [0.4, 0.5) is 5.69 Å². The van der Waals surface area contributed by atoms with E-state index in [1.165, 1.54) is 31.1 Å². The van der Waals surface area contributed by atoms with Crippen LogP contribution in [0.1, 0.15) is 84.3 Å². The number of benzene rings is 4.